The van der Waals surface area contributed by atoms with Crippen molar-refractivity contribution in [3.8, 4) is 39.3 Å². The number of rotatable bonds is 4. The van der Waals surface area contributed by atoms with Crippen molar-refractivity contribution in [3.05, 3.63) is 144 Å². The third-order valence-corrected chi connectivity index (χ3v) is 8.94. The minimum Gasteiger partial charge on any atom is -0.291 e. The monoisotopic (exact) mass is 542 g/mol. The van der Waals surface area contributed by atoms with Crippen LogP contribution in [-0.4, -0.2) is 9.55 Å². The lowest BCUT2D eigenvalue weighted by Gasteiger charge is -2.20. The van der Waals surface area contributed by atoms with Crippen LogP contribution in [0.3, 0.4) is 0 Å². The van der Waals surface area contributed by atoms with Crippen LogP contribution >= 0.6 is 11.3 Å². The summed E-state index contributed by atoms with van der Waals surface area (Å²) in [6.07, 6.45) is 0. The zero-order valence-corrected chi connectivity index (χ0v) is 23.4. The first-order valence-electron chi connectivity index (χ1n) is 13.9. The smallest absolute Gasteiger partial charge is 0.147 e. The Kier molecular flexibility index (Phi) is 5.58. The Balaban J connectivity index is 1.52. The lowest BCUT2D eigenvalue weighted by atomic mass is 9.93. The first-order chi connectivity index (χ1) is 20.3. The third-order valence-electron chi connectivity index (χ3n) is 7.91. The molecule has 0 saturated heterocycles. The molecule has 0 bridgehead atoms. The van der Waals surface area contributed by atoms with E-state index in [2.05, 4.69) is 150 Å². The summed E-state index contributed by atoms with van der Waals surface area (Å²) in [6, 6.07) is 47.7. The van der Waals surface area contributed by atoms with Gasteiger partial charge in [0.2, 0.25) is 0 Å². The summed E-state index contributed by atoms with van der Waals surface area (Å²) in [5, 5.41) is 6.07. The highest BCUT2D eigenvalue weighted by atomic mass is 32.1. The largest absolute Gasteiger partial charge is 0.291 e. The van der Waals surface area contributed by atoms with Crippen molar-refractivity contribution >= 4 is 43.2 Å². The average molecular weight is 543 g/mol. The summed E-state index contributed by atoms with van der Waals surface area (Å²) >= 11 is 1.80. The fourth-order valence-electron chi connectivity index (χ4n) is 6.06. The van der Waals surface area contributed by atoms with E-state index in [1.165, 1.54) is 48.7 Å². The Morgan fingerprint density at radius 3 is 1.95 bits per heavy atom. The van der Waals surface area contributed by atoms with Gasteiger partial charge in [-0.05, 0) is 58.7 Å². The Morgan fingerprint density at radius 2 is 1.22 bits per heavy atom. The van der Waals surface area contributed by atoms with E-state index in [0.29, 0.717) is 0 Å². The van der Waals surface area contributed by atoms with Gasteiger partial charge in [-0.1, -0.05) is 109 Å². The number of aromatic nitrogens is 2. The second-order valence-electron chi connectivity index (χ2n) is 10.5. The van der Waals surface area contributed by atoms with E-state index >= 15 is 0 Å². The summed E-state index contributed by atoms with van der Waals surface area (Å²) in [5.74, 6) is 0.964. The second kappa shape index (κ2) is 9.58. The molecule has 0 unspecified atom stereocenters. The molecule has 2 aromatic heterocycles. The Bertz CT molecular complexity index is 2140. The normalized spacial score (nSPS) is 11.5. The number of hydrogen-bond acceptors (Lipinski definition) is 2. The number of fused-ring (bicyclic) bond motifs is 4. The molecular weight excluding hydrogens is 516 g/mol. The van der Waals surface area contributed by atoms with Gasteiger partial charge in [0.15, 0.2) is 0 Å². The van der Waals surface area contributed by atoms with E-state index in [9.17, 15) is 0 Å². The predicted octanol–water partition coefficient (Wildman–Crippen LogP) is 10.7. The van der Waals surface area contributed by atoms with Crippen LogP contribution in [0.15, 0.2) is 139 Å². The van der Waals surface area contributed by atoms with Crippen LogP contribution < -0.4 is 0 Å². The molecule has 6 aromatic carbocycles. The fourth-order valence-corrected chi connectivity index (χ4v) is 7.15. The lowest BCUT2D eigenvalue weighted by molar-refractivity contribution is 1.11. The third kappa shape index (κ3) is 3.89. The molecule has 3 heteroatoms. The van der Waals surface area contributed by atoms with Gasteiger partial charge in [0, 0.05) is 32.2 Å². The van der Waals surface area contributed by atoms with Crippen LogP contribution in [0.2, 0.25) is 0 Å². The fraction of sp³-hybridized carbons (Fsp3) is 0.0263. The van der Waals surface area contributed by atoms with Crippen LogP contribution in [-0.2, 0) is 0 Å². The molecule has 0 aliphatic rings. The van der Waals surface area contributed by atoms with Crippen LogP contribution in [0, 0.1) is 6.92 Å². The summed E-state index contributed by atoms with van der Waals surface area (Å²) in [4.78, 5) is 5.32. The number of imidazole rings is 1. The first-order valence-corrected chi connectivity index (χ1v) is 14.8. The molecule has 2 heterocycles. The average Bonchev–Trinajstić information content (AvgIpc) is 3.63. The van der Waals surface area contributed by atoms with Crippen LogP contribution in [0.5, 0.6) is 0 Å². The number of aryl methyl sites for hydroxylation is 1. The highest BCUT2D eigenvalue weighted by Crippen LogP contribution is 2.44. The van der Waals surface area contributed by atoms with Gasteiger partial charge in [-0.3, -0.25) is 4.57 Å². The highest BCUT2D eigenvalue weighted by molar-refractivity contribution is 7.18. The Hall–Kier alpha value is -4.99. The summed E-state index contributed by atoms with van der Waals surface area (Å²) < 4.78 is 3.70. The zero-order chi connectivity index (χ0) is 27.3. The molecule has 194 valence electrons. The van der Waals surface area contributed by atoms with E-state index in [4.69, 9.17) is 4.98 Å². The van der Waals surface area contributed by atoms with Crippen molar-refractivity contribution in [2.24, 2.45) is 0 Å². The maximum atomic E-state index is 5.32. The van der Waals surface area contributed by atoms with Crippen LogP contribution in [0.25, 0.3) is 71.2 Å². The van der Waals surface area contributed by atoms with E-state index in [1.807, 2.05) is 0 Å². The minimum atomic E-state index is 0.964. The quantitative estimate of drug-likeness (QED) is 0.216. The molecule has 0 N–H and O–H groups in total. The van der Waals surface area contributed by atoms with E-state index in [1.54, 1.807) is 11.3 Å². The van der Waals surface area contributed by atoms with Crippen molar-refractivity contribution < 1.29 is 0 Å². The van der Waals surface area contributed by atoms with Gasteiger partial charge in [0.1, 0.15) is 5.82 Å². The van der Waals surface area contributed by atoms with E-state index in [-0.39, 0.29) is 0 Å². The summed E-state index contributed by atoms with van der Waals surface area (Å²) in [7, 11) is 0. The molecule has 2 nitrogen and oxygen atoms in total. The van der Waals surface area contributed by atoms with Crippen molar-refractivity contribution in [2.75, 3.05) is 0 Å². The topological polar surface area (TPSA) is 17.8 Å². The first kappa shape index (κ1) is 23.9. The maximum absolute atomic E-state index is 5.32. The Morgan fingerprint density at radius 1 is 0.585 bits per heavy atom. The number of thiophene rings is 1. The van der Waals surface area contributed by atoms with Gasteiger partial charge < -0.3 is 0 Å². The standard InChI is InChI=1S/C38H26N2S/c1-25-22-31(26-12-4-2-5-13-26)36(32(23-25)27-14-6-3-7-15-27)40-35-19-11-10-18-34(35)39-38(40)33-24-41-37-29-17-9-8-16-28(29)20-21-30(33)37/h2-24H,1H3. The van der Waals surface area contributed by atoms with Gasteiger partial charge in [0.05, 0.1) is 16.7 Å². The van der Waals surface area contributed by atoms with Crippen molar-refractivity contribution in [3.63, 3.8) is 0 Å². The lowest BCUT2D eigenvalue weighted by Crippen LogP contribution is -2.03. The molecule has 0 aliphatic heterocycles. The van der Waals surface area contributed by atoms with Crippen molar-refractivity contribution in [1.29, 1.82) is 0 Å². The molecule has 0 saturated carbocycles. The van der Waals surface area contributed by atoms with Gasteiger partial charge >= 0.3 is 0 Å². The number of benzene rings is 6. The molecule has 0 spiro atoms. The molecule has 0 amide bonds. The zero-order valence-electron chi connectivity index (χ0n) is 22.6. The molecule has 8 rings (SSSR count). The molecular formula is C38H26N2S. The summed E-state index contributed by atoms with van der Waals surface area (Å²) in [6.45, 7) is 2.19. The van der Waals surface area contributed by atoms with Gasteiger partial charge in [-0.25, -0.2) is 4.98 Å². The van der Waals surface area contributed by atoms with E-state index in [0.717, 1.165) is 28.1 Å². The van der Waals surface area contributed by atoms with Crippen LogP contribution in [0.1, 0.15) is 5.56 Å². The van der Waals surface area contributed by atoms with Gasteiger partial charge in [-0.15, -0.1) is 11.3 Å². The molecule has 0 fully saturated rings. The molecule has 0 atom stereocenters. The van der Waals surface area contributed by atoms with Crippen LogP contribution in [0.4, 0.5) is 0 Å². The number of nitrogens with zero attached hydrogens (tertiary/aromatic N) is 2. The molecule has 8 aromatic rings. The van der Waals surface area contributed by atoms with Crippen molar-refractivity contribution in [2.45, 2.75) is 6.92 Å². The predicted molar refractivity (Wildman–Crippen MR) is 175 cm³/mol. The second-order valence-corrected chi connectivity index (χ2v) is 11.4. The van der Waals surface area contributed by atoms with Gasteiger partial charge in [-0.2, -0.15) is 0 Å². The molecule has 0 aliphatic carbocycles. The maximum Gasteiger partial charge on any atom is 0.147 e. The minimum absolute atomic E-state index is 0.964. The molecule has 0 radical (unpaired) electrons. The number of hydrogen-bond donors (Lipinski definition) is 0. The summed E-state index contributed by atoms with van der Waals surface area (Å²) in [5.41, 5.74) is 10.4. The Labute approximate surface area is 242 Å². The van der Waals surface area contributed by atoms with E-state index < -0.39 is 0 Å². The number of para-hydroxylation sites is 2. The highest BCUT2D eigenvalue weighted by Gasteiger charge is 2.23. The van der Waals surface area contributed by atoms with Crippen molar-refractivity contribution in [1.82, 2.24) is 9.55 Å². The van der Waals surface area contributed by atoms with Gasteiger partial charge in [0.25, 0.3) is 0 Å². The molecule has 41 heavy (non-hydrogen) atoms. The SMILES string of the molecule is Cc1cc(-c2ccccc2)c(-n2c(-c3csc4c3ccc3ccccc34)nc3ccccc32)c(-c2ccccc2)c1.